The summed E-state index contributed by atoms with van der Waals surface area (Å²) in [5.41, 5.74) is 2.01. The number of rotatable bonds is 4. The minimum atomic E-state index is 0.0148. The third-order valence-corrected chi connectivity index (χ3v) is 3.21. The first-order valence-electron chi connectivity index (χ1n) is 6.03. The lowest BCUT2D eigenvalue weighted by Gasteiger charge is -2.11. The molecule has 0 bridgehead atoms. The standard InChI is InChI=1S/C12H19N3O2/c1-9-10(2)15(8-14-9)7-12(16)13-6-11-4-3-5-17-11/h8,11H,3-7H2,1-2H3,(H,13,16). The molecule has 1 fully saturated rings. The molecule has 1 aromatic heterocycles. The summed E-state index contributed by atoms with van der Waals surface area (Å²) < 4.78 is 7.31. The van der Waals surface area contributed by atoms with Crippen molar-refractivity contribution in [1.82, 2.24) is 14.9 Å². The quantitative estimate of drug-likeness (QED) is 0.842. The second-order valence-electron chi connectivity index (χ2n) is 4.48. The van der Waals surface area contributed by atoms with E-state index in [1.807, 2.05) is 18.4 Å². The van der Waals surface area contributed by atoms with E-state index in [4.69, 9.17) is 4.74 Å². The van der Waals surface area contributed by atoms with E-state index in [1.54, 1.807) is 6.33 Å². The fourth-order valence-corrected chi connectivity index (χ4v) is 1.95. The average Bonchev–Trinajstić information content (AvgIpc) is 2.92. The highest BCUT2D eigenvalue weighted by molar-refractivity contribution is 5.75. The van der Waals surface area contributed by atoms with Gasteiger partial charge in [-0.25, -0.2) is 4.98 Å². The van der Waals surface area contributed by atoms with Crippen LogP contribution in [0.4, 0.5) is 0 Å². The van der Waals surface area contributed by atoms with Crippen molar-refractivity contribution in [2.75, 3.05) is 13.2 Å². The highest BCUT2D eigenvalue weighted by atomic mass is 16.5. The van der Waals surface area contributed by atoms with E-state index in [2.05, 4.69) is 10.3 Å². The highest BCUT2D eigenvalue weighted by Crippen LogP contribution is 2.10. The SMILES string of the molecule is Cc1ncn(CC(=O)NCC2CCCO2)c1C. The van der Waals surface area contributed by atoms with Crippen LogP contribution in [0.25, 0.3) is 0 Å². The van der Waals surface area contributed by atoms with Gasteiger partial charge in [0.2, 0.25) is 5.91 Å². The highest BCUT2D eigenvalue weighted by Gasteiger charge is 2.16. The zero-order chi connectivity index (χ0) is 12.3. The van der Waals surface area contributed by atoms with Crippen molar-refractivity contribution in [2.45, 2.75) is 39.3 Å². The van der Waals surface area contributed by atoms with Gasteiger partial charge in [-0.2, -0.15) is 0 Å². The fourth-order valence-electron chi connectivity index (χ4n) is 1.95. The van der Waals surface area contributed by atoms with Gasteiger partial charge in [-0.15, -0.1) is 0 Å². The molecule has 2 rings (SSSR count). The molecule has 1 amide bonds. The van der Waals surface area contributed by atoms with Crippen molar-refractivity contribution in [2.24, 2.45) is 0 Å². The van der Waals surface area contributed by atoms with Crippen LogP contribution < -0.4 is 5.32 Å². The van der Waals surface area contributed by atoms with Crippen molar-refractivity contribution < 1.29 is 9.53 Å². The molecule has 5 nitrogen and oxygen atoms in total. The molecule has 1 unspecified atom stereocenters. The molecule has 5 heteroatoms. The Balaban J connectivity index is 1.78. The second kappa shape index (κ2) is 5.31. The lowest BCUT2D eigenvalue weighted by molar-refractivity contribution is -0.122. The maximum absolute atomic E-state index is 11.7. The zero-order valence-electron chi connectivity index (χ0n) is 10.4. The molecule has 1 atom stereocenters. The van der Waals surface area contributed by atoms with Crippen molar-refractivity contribution in [3.8, 4) is 0 Å². The van der Waals surface area contributed by atoms with E-state index in [-0.39, 0.29) is 12.0 Å². The second-order valence-corrected chi connectivity index (χ2v) is 4.48. The lowest BCUT2D eigenvalue weighted by atomic mass is 10.2. The van der Waals surface area contributed by atoms with Gasteiger partial charge in [0.1, 0.15) is 6.54 Å². The number of imidazole rings is 1. The largest absolute Gasteiger partial charge is 0.376 e. The summed E-state index contributed by atoms with van der Waals surface area (Å²) in [5, 5.41) is 2.90. The zero-order valence-corrected chi connectivity index (χ0v) is 10.4. The number of hydrogen-bond acceptors (Lipinski definition) is 3. The molecular formula is C12H19N3O2. The summed E-state index contributed by atoms with van der Waals surface area (Å²) in [6.07, 6.45) is 4.05. The Morgan fingerprint density at radius 2 is 2.47 bits per heavy atom. The van der Waals surface area contributed by atoms with Crippen molar-refractivity contribution in [1.29, 1.82) is 0 Å². The minimum Gasteiger partial charge on any atom is -0.376 e. The number of amides is 1. The summed E-state index contributed by atoms with van der Waals surface area (Å²) in [6.45, 7) is 5.68. The molecule has 0 spiro atoms. The first-order valence-corrected chi connectivity index (χ1v) is 6.03. The van der Waals surface area contributed by atoms with Crippen LogP contribution in [-0.4, -0.2) is 34.7 Å². The first-order chi connectivity index (χ1) is 8.16. The van der Waals surface area contributed by atoms with E-state index in [0.29, 0.717) is 13.1 Å². The maximum Gasteiger partial charge on any atom is 0.240 e. The van der Waals surface area contributed by atoms with E-state index in [1.165, 1.54) is 0 Å². The number of nitrogens with zero attached hydrogens (tertiary/aromatic N) is 2. The van der Waals surface area contributed by atoms with Crippen LogP contribution in [0.15, 0.2) is 6.33 Å². The van der Waals surface area contributed by atoms with E-state index in [0.717, 1.165) is 30.8 Å². The molecule has 17 heavy (non-hydrogen) atoms. The predicted octanol–water partition coefficient (Wildman–Crippen LogP) is 0.795. The monoisotopic (exact) mass is 237 g/mol. The third-order valence-electron chi connectivity index (χ3n) is 3.21. The first kappa shape index (κ1) is 12.1. The molecule has 1 saturated heterocycles. The molecule has 1 aromatic rings. The van der Waals surface area contributed by atoms with Gasteiger partial charge in [0, 0.05) is 18.8 Å². The molecule has 0 radical (unpaired) electrons. The molecular weight excluding hydrogens is 218 g/mol. The van der Waals surface area contributed by atoms with Gasteiger partial charge < -0.3 is 14.6 Å². The van der Waals surface area contributed by atoms with Crippen LogP contribution in [-0.2, 0) is 16.1 Å². The van der Waals surface area contributed by atoms with E-state index >= 15 is 0 Å². The van der Waals surface area contributed by atoms with E-state index in [9.17, 15) is 4.79 Å². The van der Waals surface area contributed by atoms with Gasteiger partial charge in [-0.1, -0.05) is 0 Å². The summed E-state index contributed by atoms with van der Waals surface area (Å²) in [5.74, 6) is 0.0148. The van der Waals surface area contributed by atoms with Gasteiger partial charge in [0.25, 0.3) is 0 Å². The Bertz CT molecular complexity index is 394. The van der Waals surface area contributed by atoms with Gasteiger partial charge >= 0.3 is 0 Å². The summed E-state index contributed by atoms with van der Waals surface area (Å²) >= 11 is 0. The van der Waals surface area contributed by atoms with Gasteiger partial charge in [0.15, 0.2) is 0 Å². The molecule has 0 aliphatic carbocycles. The summed E-state index contributed by atoms with van der Waals surface area (Å²) in [7, 11) is 0. The van der Waals surface area contributed by atoms with Crippen molar-refractivity contribution in [3.05, 3.63) is 17.7 Å². The van der Waals surface area contributed by atoms with Gasteiger partial charge in [0.05, 0.1) is 18.1 Å². The smallest absolute Gasteiger partial charge is 0.240 e. The summed E-state index contributed by atoms with van der Waals surface area (Å²) in [6, 6.07) is 0. The Labute approximate surface area is 101 Å². The van der Waals surface area contributed by atoms with Gasteiger partial charge in [-0.05, 0) is 26.7 Å². The molecule has 1 aliphatic heterocycles. The molecule has 94 valence electrons. The number of carbonyl (C=O) groups is 1. The Morgan fingerprint density at radius 1 is 1.65 bits per heavy atom. The Hall–Kier alpha value is -1.36. The van der Waals surface area contributed by atoms with Crippen LogP contribution in [0.1, 0.15) is 24.2 Å². The summed E-state index contributed by atoms with van der Waals surface area (Å²) in [4.78, 5) is 15.9. The number of hydrogen-bond donors (Lipinski definition) is 1. The molecule has 1 aliphatic rings. The van der Waals surface area contributed by atoms with Crippen molar-refractivity contribution >= 4 is 5.91 Å². The number of aryl methyl sites for hydroxylation is 1. The lowest BCUT2D eigenvalue weighted by Crippen LogP contribution is -2.34. The average molecular weight is 237 g/mol. The molecule has 2 heterocycles. The molecule has 0 aromatic carbocycles. The van der Waals surface area contributed by atoms with Crippen LogP contribution in [0.2, 0.25) is 0 Å². The van der Waals surface area contributed by atoms with Crippen LogP contribution in [0.5, 0.6) is 0 Å². The Morgan fingerprint density at radius 3 is 3.06 bits per heavy atom. The normalized spacial score (nSPS) is 19.5. The number of nitrogens with one attached hydrogen (secondary N) is 1. The fraction of sp³-hybridized carbons (Fsp3) is 0.667. The molecule has 0 saturated carbocycles. The minimum absolute atomic E-state index is 0.0148. The maximum atomic E-state index is 11.7. The predicted molar refractivity (Wildman–Crippen MR) is 63.7 cm³/mol. The number of ether oxygens (including phenoxy) is 1. The number of aromatic nitrogens is 2. The molecule has 1 N–H and O–H groups in total. The topological polar surface area (TPSA) is 56.2 Å². The van der Waals surface area contributed by atoms with E-state index < -0.39 is 0 Å². The van der Waals surface area contributed by atoms with Crippen LogP contribution >= 0.6 is 0 Å². The van der Waals surface area contributed by atoms with Crippen LogP contribution in [0.3, 0.4) is 0 Å². The number of carbonyl (C=O) groups excluding carboxylic acids is 1. The van der Waals surface area contributed by atoms with Crippen LogP contribution in [0, 0.1) is 13.8 Å². The third kappa shape index (κ3) is 3.06. The Kier molecular flexibility index (Phi) is 3.78. The van der Waals surface area contributed by atoms with Crippen molar-refractivity contribution in [3.63, 3.8) is 0 Å². The van der Waals surface area contributed by atoms with Gasteiger partial charge in [-0.3, -0.25) is 4.79 Å².